The van der Waals surface area contributed by atoms with E-state index < -0.39 is 10.0 Å². The number of carbonyl (C=O) groups excluding carboxylic acids is 1. The molecule has 4 aromatic rings. The van der Waals surface area contributed by atoms with Gasteiger partial charge in [-0.15, -0.1) is 0 Å². The Balaban J connectivity index is 1.12. The van der Waals surface area contributed by atoms with Crippen LogP contribution in [0.25, 0.3) is 10.9 Å². The molecule has 1 aliphatic carbocycles. The maximum absolute atomic E-state index is 13.4. The molecule has 9 heteroatoms. The fraction of sp³-hybridized carbons (Fsp3) is 0.333. The number of fused-ring (bicyclic) bond motifs is 1. The van der Waals surface area contributed by atoms with Gasteiger partial charge in [0.15, 0.2) is 0 Å². The summed E-state index contributed by atoms with van der Waals surface area (Å²) >= 11 is 0. The van der Waals surface area contributed by atoms with Crippen LogP contribution in [0.15, 0.2) is 77.8 Å². The summed E-state index contributed by atoms with van der Waals surface area (Å²) in [5, 5.41) is 0.748. The first kappa shape index (κ1) is 28.0. The maximum atomic E-state index is 13.4. The molecule has 8 nitrogen and oxygen atoms in total. The van der Waals surface area contributed by atoms with Crippen molar-refractivity contribution in [2.45, 2.75) is 43.4 Å². The molecule has 2 aliphatic rings. The van der Waals surface area contributed by atoms with Crippen LogP contribution >= 0.6 is 0 Å². The van der Waals surface area contributed by atoms with Crippen molar-refractivity contribution in [2.24, 2.45) is 0 Å². The van der Waals surface area contributed by atoms with Gasteiger partial charge in [-0.1, -0.05) is 37.1 Å². The predicted molar refractivity (Wildman–Crippen MR) is 166 cm³/mol. The number of sulfonamides is 1. The third kappa shape index (κ3) is 5.53. The highest BCUT2D eigenvalue weighted by molar-refractivity contribution is 7.93. The van der Waals surface area contributed by atoms with Gasteiger partial charge >= 0.3 is 0 Å². The lowest BCUT2D eigenvalue weighted by Gasteiger charge is -2.37. The molecule has 0 atom stereocenters. The van der Waals surface area contributed by atoms with Gasteiger partial charge in [0.1, 0.15) is 10.6 Å². The number of anilines is 2. The number of carbonyl (C=O) groups is 1. The zero-order valence-corrected chi connectivity index (χ0v) is 24.9. The average molecular weight is 585 g/mol. The highest BCUT2D eigenvalue weighted by atomic mass is 32.2. The SMILES string of the molecule is COc1cc(C2CCCC2)ccc1N1CCN(C(=O)c2ccc(NS(=O)(=O)c3cccc4cccnc34)c(C)c2)CC1. The third-order valence-corrected chi connectivity index (χ3v) is 9.94. The largest absolute Gasteiger partial charge is 0.495 e. The lowest BCUT2D eigenvalue weighted by atomic mass is 9.97. The third-order valence-electron chi connectivity index (χ3n) is 8.54. The van der Waals surface area contributed by atoms with E-state index in [9.17, 15) is 13.2 Å². The van der Waals surface area contributed by atoms with E-state index in [2.05, 4.69) is 32.8 Å². The summed E-state index contributed by atoms with van der Waals surface area (Å²) < 4.78 is 35.0. The number of pyridine rings is 1. The van der Waals surface area contributed by atoms with Gasteiger partial charge in [0.25, 0.3) is 15.9 Å². The summed E-state index contributed by atoms with van der Waals surface area (Å²) in [6, 6.07) is 20.4. The molecule has 1 aliphatic heterocycles. The minimum Gasteiger partial charge on any atom is -0.495 e. The van der Waals surface area contributed by atoms with Crippen LogP contribution in [0.2, 0.25) is 0 Å². The van der Waals surface area contributed by atoms with E-state index in [1.807, 2.05) is 17.0 Å². The van der Waals surface area contributed by atoms with Gasteiger partial charge in [-0.05, 0) is 79.3 Å². The van der Waals surface area contributed by atoms with Crippen LogP contribution in [0.5, 0.6) is 5.75 Å². The van der Waals surface area contributed by atoms with Crippen molar-refractivity contribution in [3.63, 3.8) is 0 Å². The molecule has 6 rings (SSSR count). The van der Waals surface area contributed by atoms with Crippen molar-refractivity contribution in [3.8, 4) is 5.75 Å². The van der Waals surface area contributed by atoms with Crippen LogP contribution in [0.1, 0.15) is 53.1 Å². The Kier molecular flexibility index (Phi) is 7.77. The Morgan fingerprint density at radius 3 is 2.45 bits per heavy atom. The Morgan fingerprint density at radius 1 is 0.952 bits per heavy atom. The minimum atomic E-state index is -3.89. The van der Waals surface area contributed by atoms with Crippen LogP contribution in [-0.4, -0.2) is 57.5 Å². The number of ether oxygens (including phenoxy) is 1. The first-order valence-electron chi connectivity index (χ1n) is 14.5. The van der Waals surface area contributed by atoms with E-state index in [-0.39, 0.29) is 10.8 Å². The number of benzene rings is 3. The summed E-state index contributed by atoms with van der Waals surface area (Å²) in [5.41, 5.74) is 4.48. The normalized spacial score (nSPS) is 16.1. The molecule has 218 valence electrons. The second kappa shape index (κ2) is 11.6. The van der Waals surface area contributed by atoms with Crippen LogP contribution < -0.4 is 14.4 Å². The summed E-state index contributed by atoms with van der Waals surface area (Å²) in [7, 11) is -2.16. The highest BCUT2D eigenvalue weighted by Gasteiger charge is 2.26. The molecular weight excluding hydrogens is 548 g/mol. The molecule has 1 saturated heterocycles. The number of aromatic nitrogens is 1. The molecule has 1 amide bonds. The molecule has 0 radical (unpaired) electrons. The monoisotopic (exact) mass is 584 g/mol. The Morgan fingerprint density at radius 2 is 1.71 bits per heavy atom. The standard InChI is InChI=1S/C33H36N4O4S/c1-23-21-27(12-14-28(23)35-42(39,40)31-11-5-9-25-10-6-16-34-32(25)31)33(38)37-19-17-36(18-20-37)29-15-13-26(22-30(29)41-2)24-7-3-4-8-24/h5-6,9-16,21-22,24,35H,3-4,7-8,17-20H2,1-2H3. The average Bonchev–Trinajstić information content (AvgIpc) is 3.56. The van der Waals surface area contributed by atoms with E-state index >= 15 is 0 Å². The number of para-hydroxylation sites is 1. The van der Waals surface area contributed by atoms with Crippen molar-refractivity contribution in [1.82, 2.24) is 9.88 Å². The number of amides is 1. The second-order valence-corrected chi connectivity index (χ2v) is 12.8. The predicted octanol–water partition coefficient (Wildman–Crippen LogP) is 5.97. The van der Waals surface area contributed by atoms with Crippen molar-refractivity contribution < 1.29 is 17.9 Å². The summed E-state index contributed by atoms with van der Waals surface area (Å²) in [4.78, 5) is 21.9. The van der Waals surface area contributed by atoms with Gasteiger partial charge in [-0.2, -0.15) is 0 Å². The Labute approximate surface area is 247 Å². The van der Waals surface area contributed by atoms with E-state index in [0.717, 1.165) is 16.8 Å². The smallest absolute Gasteiger partial charge is 0.264 e. The van der Waals surface area contributed by atoms with Crippen molar-refractivity contribution in [1.29, 1.82) is 0 Å². The van der Waals surface area contributed by atoms with E-state index in [4.69, 9.17) is 4.74 Å². The Bertz CT molecular complexity index is 1720. The fourth-order valence-electron chi connectivity index (χ4n) is 6.21. The lowest BCUT2D eigenvalue weighted by Crippen LogP contribution is -2.48. The molecule has 1 saturated carbocycles. The summed E-state index contributed by atoms with van der Waals surface area (Å²) in [6.07, 6.45) is 6.67. The van der Waals surface area contributed by atoms with Crippen LogP contribution in [0, 0.1) is 6.92 Å². The Hall–Kier alpha value is -4.11. The summed E-state index contributed by atoms with van der Waals surface area (Å²) in [5.74, 6) is 1.46. The molecule has 2 fully saturated rings. The van der Waals surface area contributed by atoms with Gasteiger partial charge in [0, 0.05) is 43.3 Å². The molecule has 42 heavy (non-hydrogen) atoms. The second-order valence-electron chi connectivity index (χ2n) is 11.2. The molecule has 0 bridgehead atoms. The van der Waals surface area contributed by atoms with Crippen molar-refractivity contribution >= 4 is 38.2 Å². The zero-order chi connectivity index (χ0) is 29.3. The van der Waals surface area contributed by atoms with Gasteiger partial charge in [0.05, 0.1) is 24.0 Å². The zero-order valence-electron chi connectivity index (χ0n) is 24.0. The molecule has 2 heterocycles. The number of aryl methyl sites for hydroxylation is 1. The minimum absolute atomic E-state index is 0.0612. The topological polar surface area (TPSA) is 91.8 Å². The number of hydrogen-bond acceptors (Lipinski definition) is 6. The highest BCUT2D eigenvalue weighted by Crippen LogP contribution is 2.39. The lowest BCUT2D eigenvalue weighted by molar-refractivity contribution is 0.0746. The van der Waals surface area contributed by atoms with Crippen molar-refractivity contribution in [3.05, 3.63) is 89.6 Å². The van der Waals surface area contributed by atoms with Gasteiger partial charge in [0.2, 0.25) is 0 Å². The molecule has 0 unspecified atom stereocenters. The fourth-order valence-corrected chi connectivity index (χ4v) is 7.52. The number of nitrogens with one attached hydrogen (secondary N) is 1. The molecule has 0 spiro atoms. The number of piperazine rings is 1. The first-order valence-corrected chi connectivity index (χ1v) is 16.0. The van der Waals surface area contributed by atoms with Crippen LogP contribution in [-0.2, 0) is 10.0 Å². The number of rotatable bonds is 7. The van der Waals surface area contributed by atoms with E-state index in [1.54, 1.807) is 56.6 Å². The van der Waals surface area contributed by atoms with E-state index in [1.165, 1.54) is 31.2 Å². The van der Waals surface area contributed by atoms with Crippen LogP contribution in [0.3, 0.4) is 0 Å². The van der Waals surface area contributed by atoms with Gasteiger partial charge in [-0.3, -0.25) is 14.5 Å². The molecule has 1 N–H and O–H groups in total. The van der Waals surface area contributed by atoms with E-state index in [0.29, 0.717) is 54.4 Å². The maximum Gasteiger partial charge on any atom is 0.264 e. The summed E-state index contributed by atoms with van der Waals surface area (Å²) in [6.45, 7) is 4.40. The molecule has 1 aromatic heterocycles. The quantitative estimate of drug-likeness (QED) is 0.288. The first-order chi connectivity index (χ1) is 20.3. The molecular formula is C33H36N4O4S. The number of hydrogen-bond donors (Lipinski definition) is 1. The van der Waals surface area contributed by atoms with Crippen molar-refractivity contribution in [2.75, 3.05) is 42.9 Å². The number of methoxy groups -OCH3 is 1. The van der Waals surface area contributed by atoms with Gasteiger partial charge in [-0.25, -0.2) is 8.42 Å². The molecule has 3 aromatic carbocycles. The van der Waals surface area contributed by atoms with Crippen LogP contribution in [0.4, 0.5) is 11.4 Å². The number of nitrogens with zero attached hydrogens (tertiary/aromatic N) is 3. The van der Waals surface area contributed by atoms with Gasteiger partial charge < -0.3 is 14.5 Å².